The molecule has 0 bridgehead atoms. The maximum Gasteiger partial charge on any atom is 0.158 e. The Kier molecular flexibility index (Phi) is 3.35. The molecule has 2 N–H and O–H groups in total. The zero-order valence-corrected chi connectivity index (χ0v) is 16.7. The Labute approximate surface area is 172 Å². The van der Waals surface area contributed by atoms with Crippen molar-refractivity contribution in [2.45, 2.75) is 0 Å². The second-order valence-electron chi connectivity index (χ2n) is 7.71. The van der Waals surface area contributed by atoms with E-state index in [0.29, 0.717) is 5.82 Å². The van der Waals surface area contributed by atoms with E-state index in [-0.39, 0.29) is 0 Å². The molecule has 146 valence electrons. The number of hydrogen-bond acceptors (Lipinski definition) is 3. The molecular weight excluding hydrogens is 372 g/mol. The van der Waals surface area contributed by atoms with E-state index < -0.39 is 0 Å². The van der Waals surface area contributed by atoms with Crippen molar-refractivity contribution in [1.29, 1.82) is 0 Å². The largest absolute Gasteiger partial charge is 0.384 e. The van der Waals surface area contributed by atoms with Gasteiger partial charge >= 0.3 is 0 Å². The molecule has 0 fully saturated rings. The number of nitrogens with two attached hydrogens (primary N) is 1. The van der Waals surface area contributed by atoms with Crippen LogP contribution in [-0.4, -0.2) is 23.7 Å². The monoisotopic (exact) mass is 392 g/mol. The van der Waals surface area contributed by atoms with Crippen LogP contribution in [0.3, 0.4) is 0 Å². The molecule has 0 amide bonds. The second-order valence-corrected chi connectivity index (χ2v) is 7.71. The van der Waals surface area contributed by atoms with Gasteiger partial charge in [0.1, 0.15) is 5.82 Å². The lowest BCUT2D eigenvalue weighted by molar-refractivity contribution is 0.950. The van der Waals surface area contributed by atoms with E-state index in [1.165, 1.54) is 5.52 Å². The van der Waals surface area contributed by atoms with Gasteiger partial charge in [-0.05, 0) is 12.1 Å². The van der Waals surface area contributed by atoms with E-state index in [0.717, 1.165) is 44.5 Å². The molecule has 6 nitrogen and oxygen atoms in total. The summed E-state index contributed by atoms with van der Waals surface area (Å²) in [6.45, 7) is 0. The molecule has 0 aliphatic rings. The molecule has 6 heteroatoms. The van der Waals surface area contributed by atoms with Crippen LogP contribution < -0.4 is 5.73 Å². The van der Waals surface area contributed by atoms with Gasteiger partial charge in [0.25, 0.3) is 0 Å². The van der Waals surface area contributed by atoms with Gasteiger partial charge in [-0.3, -0.25) is 0 Å². The first-order valence-corrected chi connectivity index (χ1v) is 9.85. The number of aryl methyl sites for hydroxylation is 2. The first-order valence-electron chi connectivity index (χ1n) is 9.85. The van der Waals surface area contributed by atoms with Gasteiger partial charge in [0.05, 0.1) is 11.4 Å². The summed E-state index contributed by atoms with van der Waals surface area (Å²) in [5.41, 5.74) is 13.3. The number of anilines is 1. The van der Waals surface area contributed by atoms with Gasteiger partial charge in [-0.1, -0.05) is 36.4 Å². The Morgan fingerprint density at radius 2 is 1.30 bits per heavy atom. The first kappa shape index (κ1) is 16.9. The molecule has 30 heavy (non-hydrogen) atoms. The van der Waals surface area contributed by atoms with Crippen molar-refractivity contribution in [3.63, 3.8) is 0 Å². The summed E-state index contributed by atoms with van der Waals surface area (Å²) in [6.07, 6.45) is 4.21. The highest BCUT2D eigenvalue weighted by Crippen LogP contribution is 2.33. The average molecular weight is 392 g/mol. The molecule has 0 saturated carbocycles. The standard InChI is InChI=1S/C24H20N6/c1-28-13-17(15-7-3-5-9-21(15)28)19-11-23(25)30-24(26-19)12-20(27-30)18-14-29(2)22-10-6-4-8-16(18)22/h3-14H,25H2,1-2H3. The van der Waals surface area contributed by atoms with E-state index in [2.05, 4.69) is 45.8 Å². The van der Waals surface area contributed by atoms with Gasteiger partial charge < -0.3 is 14.9 Å². The molecule has 4 heterocycles. The van der Waals surface area contributed by atoms with Gasteiger partial charge in [0.2, 0.25) is 0 Å². The Morgan fingerprint density at radius 3 is 1.93 bits per heavy atom. The number of nitrogen functional groups attached to an aromatic ring is 1. The van der Waals surface area contributed by atoms with E-state index in [1.54, 1.807) is 4.52 Å². The number of benzene rings is 2. The van der Waals surface area contributed by atoms with Crippen molar-refractivity contribution in [3.05, 3.63) is 73.1 Å². The summed E-state index contributed by atoms with van der Waals surface area (Å²) in [4.78, 5) is 4.90. The normalized spacial score (nSPS) is 11.8. The highest BCUT2D eigenvalue weighted by molar-refractivity contribution is 5.97. The van der Waals surface area contributed by atoms with Gasteiger partial charge in [0.15, 0.2) is 5.65 Å². The molecule has 0 spiro atoms. The molecular formula is C24H20N6. The Bertz CT molecular complexity index is 1580. The minimum absolute atomic E-state index is 0.564. The van der Waals surface area contributed by atoms with E-state index in [4.69, 9.17) is 15.8 Å². The molecule has 0 radical (unpaired) electrons. The van der Waals surface area contributed by atoms with Crippen molar-refractivity contribution < 1.29 is 0 Å². The first-order chi connectivity index (χ1) is 14.6. The fourth-order valence-corrected chi connectivity index (χ4v) is 4.36. The lowest BCUT2D eigenvalue weighted by Crippen LogP contribution is -2.01. The van der Waals surface area contributed by atoms with Crippen LogP contribution in [0.5, 0.6) is 0 Å². The van der Waals surface area contributed by atoms with Crippen LogP contribution in [0.25, 0.3) is 50.0 Å². The fourth-order valence-electron chi connectivity index (χ4n) is 4.36. The number of aromatic nitrogens is 5. The summed E-state index contributed by atoms with van der Waals surface area (Å²) in [5.74, 6) is 0.564. The van der Waals surface area contributed by atoms with Gasteiger partial charge in [-0.2, -0.15) is 9.61 Å². The zero-order chi connectivity index (χ0) is 20.4. The fraction of sp³-hybridized carbons (Fsp3) is 0.0833. The summed E-state index contributed by atoms with van der Waals surface area (Å²) in [5, 5.41) is 7.08. The topological polar surface area (TPSA) is 66.1 Å². The van der Waals surface area contributed by atoms with Crippen molar-refractivity contribution in [2.75, 3.05) is 5.73 Å². The molecule has 6 aromatic rings. The predicted octanol–water partition coefficient (Wildman–Crippen LogP) is 4.63. The van der Waals surface area contributed by atoms with Crippen LogP contribution in [0.1, 0.15) is 0 Å². The molecule has 0 saturated heterocycles. The summed E-state index contributed by atoms with van der Waals surface area (Å²) in [7, 11) is 4.10. The van der Waals surface area contributed by atoms with Crippen molar-refractivity contribution in [2.24, 2.45) is 14.1 Å². The van der Waals surface area contributed by atoms with Crippen molar-refractivity contribution in [1.82, 2.24) is 23.7 Å². The summed E-state index contributed by atoms with van der Waals surface area (Å²) < 4.78 is 5.95. The van der Waals surface area contributed by atoms with Crippen LogP contribution >= 0.6 is 0 Å². The number of hydrogen-bond donors (Lipinski definition) is 1. The third-order valence-corrected chi connectivity index (χ3v) is 5.80. The Hall–Kier alpha value is -4.06. The number of para-hydroxylation sites is 2. The van der Waals surface area contributed by atoms with Gasteiger partial charge in [-0.25, -0.2) is 4.98 Å². The van der Waals surface area contributed by atoms with E-state index in [9.17, 15) is 0 Å². The van der Waals surface area contributed by atoms with E-state index >= 15 is 0 Å². The lowest BCUT2D eigenvalue weighted by atomic mass is 10.1. The van der Waals surface area contributed by atoms with Gasteiger partial charge in [0, 0.05) is 71.6 Å². The van der Waals surface area contributed by atoms with Crippen LogP contribution in [0.4, 0.5) is 5.82 Å². The minimum atomic E-state index is 0.564. The smallest absolute Gasteiger partial charge is 0.158 e. The number of fused-ring (bicyclic) bond motifs is 3. The summed E-state index contributed by atoms with van der Waals surface area (Å²) in [6, 6.07) is 20.5. The molecule has 0 atom stereocenters. The highest BCUT2D eigenvalue weighted by Gasteiger charge is 2.16. The van der Waals surface area contributed by atoms with Crippen molar-refractivity contribution >= 4 is 33.3 Å². The molecule has 0 aliphatic carbocycles. The molecule has 0 aliphatic heterocycles. The molecule has 2 aromatic carbocycles. The van der Waals surface area contributed by atoms with Crippen LogP contribution in [0.2, 0.25) is 0 Å². The average Bonchev–Trinajstić information content (AvgIpc) is 3.43. The maximum absolute atomic E-state index is 6.40. The second kappa shape index (κ2) is 5.97. The maximum atomic E-state index is 6.40. The highest BCUT2D eigenvalue weighted by atomic mass is 15.3. The third kappa shape index (κ3) is 2.30. The Balaban J connectivity index is 1.57. The van der Waals surface area contributed by atoms with Crippen LogP contribution in [0.15, 0.2) is 73.1 Å². The predicted molar refractivity (Wildman–Crippen MR) is 121 cm³/mol. The number of nitrogens with zero attached hydrogens (tertiary/aromatic N) is 5. The minimum Gasteiger partial charge on any atom is -0.384 e. The Morgan fingerprint density at radius 1 is 0.733 bits per heavy atom. The molecule has 4 aromatic heterocycles. The van der Waals surface area contributed by atoms with Gasteiger partial charge in [-0.15, -0.1) is 0 Å². The quantitative estimate of drug-likeness (QED) is 0.467. The lowest BCUT2D eigenvalue weighted by Gasteiger charge is -2.03. The molecule has 6 rings (SSSR count). The van der Waals surface area contributed by atoms with Crippen molar-refractivity contribution in [3.8, 4) is 22.5 Å². The molecule has 0 unspecified atom stereocenters. The number of rotatable bonds is 2. The zero-order valence-electron chi connectivity index (χ0n) is 16.7. The van der Waals surface area contributed by atoms with Crippen LogP contribution in [0, 0.1) is 0 Å². The van der Waals surface area contributed by atoms with E-state index in [1.807, 2.05) is 50.5 Å². The van der Waals surface area contributed by atoms with Crippen LogP contribution in [-0.2, 0) is 14.1 Å². The third-order valence-electron chi connectivity index (χ3n) is 5.80. The SMILES string of the molecule is Cn1cc(-c2cc(N)n3nc(-c4cn(C)c5ccccc45)cc3n2)c2ccccc21. The summed E-state index contributed by atoms with van der Waals surface area (Å²) >= 11 is 0.